The van der Waals surface area contributed by atoms with Gasteiger partial charge in [0.2, 0.25) is 15.9 Å². The number of hydrogen-bond acceptors (Lipinski definition) is 5. The van der Waals surface area contributed by atoms with Gasteiger partial charge in [0.1, 0.15) is 6.04 Å². The van der Waals surface area contributed by atoms with Crippen LogP contribution < -0.4 is 10.0 Å². The van der Waals surface area contributed by atoms with Gasteiger partial charge in [-0.2, -0.15) is 4.72 Å². The number of carbonyl (C=O) groups excluding carboxylic acids is 1. The molecule has 2 N–H and O–H groups in total. The fourth-order valence-electron chi connectivity index (χ4n) is 3.80. The monoisotopic (exact) mass is 467 g/mol. The molecule has 3 rings (SSSR count). The molecule has 1 amide bonds. The molecule has 0 aromatic heterocycles. The normalized spacial score (nSPS) is 12.2. The maximum atomic E-state index is 13.3. The number of nitro benzene ring substituents is 1. The molecule has 0 fully saturated rings. The van der Waals surface area contributed by atoms with Crippen LogP contribution in [0.1, 0.15) is 22.3 Å². The lowest BCUT2D eigenvalue weighted by Crippen LogP contribution is -2.45. The molecule has 0 heterocycles. The molecule has 0 bridgehead atoms. The van der Waals surface area contributed by atoms with Crippen LogP contribution in [0.3, 0.4) is 0 Å². The Balaban J connectivity index is 1.94. The van der Waals surface area contributed by atoms with Crippen LogP contribution in [0.15, 0.2) is 71.6 Å². The van der Waals surface area contributed by atoms with Crippen molar-refractivity contribution in [3.63, 3.8) is 0 Å². The van der Waals surface area contributed by atoms with E-state index >= 15 is 0 Å². The summed E-state index contributed by atoms with van der Waals surface area (Å²) in [7, 11) is -4.04. The molecule has 172 valence electrons. The molecule has 0 saturated heterocycles. The van der Waals surface area contributed by atoms with Crippen molar-refractivity contribution in [2.75, 3.05) is 5.32 Å². The van der Waals surface area contributed by atoms with Crippen LogP contribution in [0.5, 0.6) is 0 Å². The Kier molecular flexibility index (Phi) is 7.25. The summed E-state index contributed by atoms with van der Waals surface area (Å²) in [5.41, 5.74) is 2.88. The predicted molar refractivity (Wildman–Crippen MR) is 127 cm³/mol. The minimum Gasteiger partial charge on any atom is -0.324 e. The zero-order valence-corrected chi connectivity index (χ0v) is 19.3. The molecule has 0 saturated carbocycles. The van der Waals surface area contributed by atoms with Gasteiger partial charge in [-0.3, -0.25) is 14.9 Å². The maximum Gasteiger partial charge on any atom is 0.271 e. The van der Waals surface area contributed by atoms with Crippen molar-refractivity contribution in [3.05, 3.63) is 99.1 Å². The number of sulfonamides is 1. The van der Waals surface area contributed by atoms with E-state index in [9.17, 15) is 23.3 Å². The van der Waals surface area contributed by atoms with E-state index in [2.05, 4.69) is 10.0 Å². The summed E-state index contributed by atoms with van der Waals surface area (Å²) in [6.07, 6.45) is 0.102. The van der Waals surface area contributed by atoms with E-state index in [0.717, 1.165) is 11.1 Å². The minimum absolute atomic E-state index is 0.102. The summed E-state index contributed by atoms with van der Waals surface area (Å²) in [5.74, 6) is -0.620. The summed E-state index contributed by atoms with van der Waals surface area (Å²) in [6, 6.07) is 16.9. The van der Waals surface area contributed by atoms with Crippen LogP contribution >= 0.6 is 0 Å². The smallest absolute Gasteiger partial charge is 0.271 e. The van der Waals surface area contributed by atoms with E-state index in [4.69, 9.17) is 0 Å². The number of nitro groups is 1. The van der Waals surface area contributed by atoms with Crippen molar-refractivity contribution < 1.29 is 18.1 Å². The second-order valence-corrected chi connectivity index (χ2v) is 9.54. The first-order chi connectivity index (χ1) is 15.6. The lowest BCUT2D eigenvalue weighted by Gasteiger charge is -2.20. The van der Waals surface area contributed by atoms with Crippen LogP contribution in [0, 0.1) is 30.9 Å². The van der Waals surface area contributed by atoms with E-state index in [1.54, 1.807) is 50.2 Å². The van der Waals surface area contributed by atoms with E-state index in [-0.39, 0.29) is 22.7 Å². The van der Waals surface area contributed by atoms with Crippen LogP contribution in [0.25, 0.3) is 0 Å². The predicted octanol–water partition coefficient (Wildman–Crippen LogP) is 4.05. The number of rotatable bonds is 8. The molecular weight excluding hydrogens is 442 g/mol. The van der Waals surface area contributed by atoms with E-state index < -0.39 is 26.9 Å². The molecule has 0 aliphatic heterocycles. The van der Waals surface area contributed by atoms with Gasteiger partial charge in [-0.05, 0) is 49.9 Å². The summed E-state index contributed by atoms with van der Waals surface area (Å²) < 4.78 is 29.2. The van der Waals surface area contributed by atoms with Crippen molar-refractivity contribution in [1.29, 1.82) is 0 Å². The first kappa shape index (κ1) is 24.1. The SMILES string of the molecule is Cc1cc(C)c(S(=O)(=O)N[C@@H](Cc2ccccc2)C(=O)Nc2cccc([N+](=O)[O-])c2)c(C)c1. The second-order valence-electron chi connectivity index (χ2n) is 7.89. The number of anilines is 1. The van der Waals surface area contributed by atoms with Crippen molar-refractivity contribution >= 4 is 27.3 Å². The summed E-state index contributed by atoms with van der Waals surface area (Å²) >= 11 is 0. The van der Waals surface area contributed by atoms with Crippen LogP contribution in [-0.4, -0.2) is 25.3 Å². The third-order valence-electron chi connectivity index (χ3n) is 5.09. The standard InChI is InChI=1S/C24H25N3O5S/c1-16-12-17(2)23(18(3)13-16)33(31,32)26-22(14-19-8-5-4-6-9-19)24(28)25-20-10-7-11-21(15-20)27(29)30/h4-13,15,22,26H,14H2,1-3H3,(H,25,28)/t22-/m0/s1. The topological polar surface area (TPSA) is 118 Å². The molecule has 0 radical (unpaired) electrons. The first-order valence-corrected chi connectivity index (χ1v) is 11.7. The highest BCUT2D eigenvalue weighted by Crippen LogP contribution is 2.23. The summed E-state index contributed by atoms with van der Waals surface area (Å²) in [4.78, 5) is 23.7. The van der Waals surface area contributed by atoms with Gasteiger partial charge in [-0.15, -0.1) is 0 Å². The van der Waals surface area contributed by atoms with Crippen LogP contribution in [0.4, 0.5) is 11.4 Å². The highest BCUT2D eigenvalue weighted by molar-refractivity contribution is 7.89. The lowest BCUT2D eigenvalue weighted by molar-refractivity contribution is -0.384. The third kappa shape index (κ3) is 6.03. The number of hydrogen-bond donors (Lipinski definition) is 2. The number of nitrogens with one attached hydrogen (secondary N) is 2. The lowest BCUT2D eigenvalue weighted by atomic mass is 10.1. The fourth-order valence-corrected chi connectivity index (χ4v) is 5.45. The Morgan fingerprint density at radius 1 is 0.970 bits per heavy atom. The summed E-state index contributed by atoms with van der Waals surface area (Å²) in [6.45, 7) is 5.31. The number of amides is 1. The van der Waals surface area contributed by atoms with E-state index in [0.29, 0.717) is 11.1 Å². The third-order valence-corrected chi connectivity index (χ3v) is 6.87. The zero-order valence-electron chi connectivity index (χ0n) is 18.5. The molecule has 0 aliphatic carbocycles. The molecular formula is C24H25N3O5S. The quantitative estimate of drug-likeness (QED) is 0.383. The van der Waals surface area contributed by atoms with Crippen LogP contribution in [0.2, 0.25) is 0 Å². The molecule has 0 unspecified atom stereocenters. The molecule has 0 aliphatic rings. The van der Waals surface area contributed by atoms with Crippen molar-refractivity contribution in [2.24, 2.45) is 0 Å². The Labute approximate surface area is 192 Å². The van der Waals surface area contributed by atoms with Gasteiger partial charge < -0.3 is 5.32 Å². The summed E-state index contributed by atoms with van der Waals surface area (Å²) in [5, 5.41) is 13.6. The van der Waals surface area contributed by atoms with Crippen molar-refractivity contribution in [1.82, 2.24) is 4.72 Å². The molecule has 9 heteroatoms. The van der Waals surface area contributed by atoms with Gasteiger partial charge in [0, 0.05) is 17.8 Å². The molecule has 0 spiro atoms. The Morgan fingerprint density at radius 3 is 2.21 bits per heavy atom. The average Bonchev–Trinajstić information content (AvgIpc) is 2.73. The van der Waals surface area contributed by atoms with Gasteiger partial charge in [-0.25, -0.2) is 8.42 Å². The molecule has 1 atom stereocenters. The average molecular weight is 468 g/mol. The van der Waals surface area contributed by atoms with Crippen LogP contribution in [-0.2, 0) is 21.2 Å². The highest BCUT2D eigenvalue weighted by atomic mass is 32.2. The molecule has 8 nitrogen and oxygen atoms in total. The number of benzene rings is 3. The van der Waals surface area contributed by atoms with Gasteiger partial charge in [0.25, 0.3) is 5.69 Å². The Morgan fingerprint density at radius 2 is 1.61 bits per heavy atom. The van der Waals surface area contributed by atoms with Gasteiger partial charge in [0.05, 0.1) is 9.82 Å². The van der Waals surface area contributed by atoms with Crippen molar-refractivity contribution in [2.45, 2.75) is 38.1 Å². The number of non-ortho nitro benzene ring substituents is 1. The zero-order chi connectivity index (χ0) is 24.2. The first-order valence-electron chi connectivity index (χ1n) is 10.3. The van der Waals surface area contributed by atoms with Gasteiger partial charge in [0.15, 0.2) is 0 Å². The largest absolute Gasteiger partial charge is 0.324 e. The van der Waals surface area contributed by atoms with E-state index in [1.807, 2.05) is 13.0 Å². The number of aryl methyl sites for hydroxylation is 3. The van der Waals surface area contributed by atoms with E-state index in [1.165, 1.54) is 24.3 Å². The molecule has 3 aromatic rings. The number of carbonyl (C=O) groups is 1. The second kappa shape index (κ2) is 9.93. The molecule has 3 aromatic carbocycles. The molecule has 33 heavy (non-hydrogen) atoms. The van der Waals surface area contributed by atoms with Gasteiger partial charge in [-0.1, -0.05) is 54.1 Å². The Bertz CT molecular complexity index is 1270. The minimum atomic E-state index is -4.04. The number of nitrogens with zero attached hydrogens (tertiary/aromatic N) is 1. The van der Waals surface area contributed by atoms with Crippen molar-refractivity contribution in [3.8, 4) is 0 Å². The maximum absolute atomic E-state index is 13.3. The fraction of sp³-hybridized carbons (Fsp3) is 0.208. The Hall–Kier alpha value is -3.56. The highest BCUT2D eigenvalue weighted by Gasteiger charge is 2.28. The van der Waals surface area contributed by atoms with Gasteiger partial charge >= 0.3 is 0 Å².